The maximum Gasteiger partial charge on any atom is 0.258 e. The first-order valence-corrected chi connectivity index (χ1v) is 10.6. The Balaban J connectivity index is 1.64. The van der Waals surface area contributed by atoms with E-state index in [-0.39, 0.29) is 10.9 Å². The highest BCUT2D eigenvalue weighted by molar-refractivity contribution is 7.89. The van der Waals surface area contributed by atoms with E-state index in [9.17, 15) is 8.42 Å². The van der Waals surface area contributed by atoms with Crippen molar-refractivity contribution < 1.29 is 12.9 Å². The lowest BCUT2D eigenvalue weighted by Gasteiger charge is -2.34. The quantitative estimate of drug-likeness (QED) is 0.830. The smallest absolute Gasteiger partial charge is 0.258 e. The van der Waals surface area contributed by atoms with Crippen molar-refractivity contribution in [2.24, 2.45) is 5.73 Å². The van der Waals surface area contributed by atoms with E-state index in [4.69, 9.17) is 10.3 Å². The monoisotopic (exact) mass is 376 g/mol. The highest BCUT2D eigenvalue weighted by Gasteiger charge is 2.39. The van der Waals surface area contributed by atoms with Gasteiger partial charge >= 0.3 is 0 Å². The Morgan fingerprint density at radius 3 is 2.62 bits per heavy atom. The molecule has 0 amide bonds. The summed E-state index contributed by atoms with van der Waals surface area (Å²) in [7, 11) is -3.58. The van der Waals surface area contributed by atoms with Crippen LogP contribution in [0, 0.1) is 6.92 Å². The van der Waals surface area contributed by atoms with Crippen LogP contribution in [0.1, 0.15) is 56.3 Å². The van der Waals surface area contributed by atoms with Crippen LogP contribution in [0.3, 0.4) is 0 Å². The lowest BCUT2D eigenvalue weighted by Crippen LogP contribution is -2.44. The summed E-state index contributed by atoms with van der Waals surface area (Å²) in [5, 5.41) is 4.01. The molecule has 1 aromatic heterocycles. The summed E-state index contributed by atoms with van der Waals surface area (Å²) in [5.41, 5.74) is 7.01. The summed E-state index contributed by atoms with van der Waals surface area (Å²) < 4.78 is 33.8. The summed E-state index contributed by atoms with van der Waals surface area (Å²) in [6, 6.07) is 5.19. The molecule has 0 radical (unpaired) electrons. The minimum Gasteiger partial charge on any atom is -0.334 e. The van der Waals surface area contributed by atoms with Gasteiger partial charge in [0.15, 0.2) is 5.82 Å². The number of nitrogens with one attached hydrogen (secondary N) is 1. The number of aromatic nitrogens is 2. The van der Waals surface area contributed by atoms with Gasteiger partial charge in [0.1, 0.15) is 0 Å². The SMILES string of the molecule is Cc1ccc(-c2nc(C3(N)CCC3)no2)cc1S(=O)(=O)NC1CCCC1. The van der Waals surface area contributed by atoms with E-state index < -0.39 is 15.6 Å². The van der Waals surface area contributed by atoms with Gasteiger partial charge in [-0.1, -0.05) is 24.1 Å². The van der Waals surface area contributed by atoms with Gasteiger partial charge in [0.2, 0.25) is 10.0 Å². The summed E-state index contributed by atoms with van der Waals surface area (Å²) in [5.74, 6) is 0.793. The molecular formula is C18H24N4O3S. The number of benzene rings is 1. The molecule has 140 valence electrons. The Morgan fingerprint density at radius 2 is 1.96 bits per heavy atom. The molecule has 8 heteroatoms. The first kappa shape index (κ1) is 17.6. The van der Waals surface area contributed by atoms with Crippen LogP contribution < -0.4 is 10.5 Å². The molecular weight excluding hydrogens is 352 g/mol. The molecule has 1 aromatic carbocycles. The fourth-order valence-corrected chi connectivity index (χ4v) is 5.25. The van der Waals surface area contributed by atoms with E-state index in [1.54, 1.807) is 25.1 Å². The molecule has 0 unspecified atom stereocenters. The van der Waals surface area contributed by atoms with Gasteiger partial charge in [-0.15, -0.1) is 0 Å². The predicted molar refractivity (Wildman–Crippen MR) is 96.8 cm³/mol. The maximum atomic E-state index is 12.8. The van der Waals surface area contributed by atoms with Crippen LogP contribution in [0.15, 0.2) is 27.6 Å². The van der Waals surface area contributed by atoms with E-state index in [0.29, 0.717) is 22.8 Å². The van der Waals surface area contributed by atoms with Gasteiger partial charge in [0, 0.05) is 11.6 Å². The molecule has 3 N–H and O–H groups in total. The standard InChI is InChI=1S/C18H24N4O3S/c1-12-7-8-13(16-20-17(21-25-16)18(19)9-4-10-18)11-15(12)26(23,24)22-14-5-2-3-6-14/h7-8,11,14,22H,2-6,9-10,19H2,1H3. The van der Waals surface area contributed by atoms with Gasteiger partial charge in [-0.3, -0.25) is 0 Å². The van der Waals surface area contributed by atoms with Crippen LogP contribution >= 0.6 is 0 Å². The normalized spacial score (nSPS) is 20.2. The van der Waals surface area contributed by atoms with Crippen molar-refractivity contribution in [1.82, 2.24) is 14.9 Å². The molecule has 0 aliphatic heterocycles. The van der Waals surface area contributed by atoms with E-state index >= 15 is 0 Å². The number of hydrogen-bond acceptors (Lipinski definition) is 6. The molecule has 0 spiro atoms. The van der Waals surface area contributed by atoms with Gasteiger partial charge < -0.3 is 10.3 Å². The van der Waals surface area contributed by atoms with Crippen molar-refractivity contribution in [3.8, 4) is 11.5 Å². The number of nitrogens with two attached hydrogens (primary N) is 1. The number of aryl methyl sites for hydroxylation is 1. The highest BCUT2D eigenvalue weighted by Crippen LogP contribution is 2.38. The largest absolute Gasteiger partial charge is 0.334 e. The highest BCUT2D eigenvalue weighted by atomic mass is 32.2. The summed E-state index contributed by atoms with van der Waals surface area (Å²) in [6.45, 7) is 1.79. The van der Waals surface area contributed by atoms with E-state index in [1.165, 1.54) is 0 Å². The van der Waals surface area contributed by atoms with Crippen molar-refractivity contribution in [2.45, 2.75) is 68.3 Å². The van der Waals surface area contributed by atoms with Gasteiger partial charge in [-0.2, -0.15) is 4.98 Å². The van der Waals surface area contributed by atoms with Crippen molar-refractivity contribution in [1.29, 1.82) is 0 Å². The van der Waals surface area contributed by atoms with Gasteiger partial charge in [-0.05, 0) is 56.7 Å². The fourth-order valence-electron chi connectivity index (χ4n) is 3.67. The molecule has 0 saturated heterocycles. The van der Waals surface area contributed by atoms with Crippen LogP contribution in [0.25, 0.3) is 11.5 Å². The fraction of sp³-hybridized carbons (Fsp3) is 0.556. The second-order valence-corrected chi connectivity index (χ2v) is 9.20. The van der Waals surface area contributed by atoms with Crippen LogP contribution in [0.2, 0.25) is 0 Å². The zero-order valence-corrected chi connectivity index (χ0v) is 15.7. The third-order valence-corrected chi connectivity index (χ3v) is 7.18. The third kappa shape index (κ3) is 3.17. The zero-order valence-electron chi connectivity index (χ0n) is 14.9. The van der Waals surface area contributed by atoms with Crippen molar-refractivity contribution in [3.63, 3.8) is 0 Å². The number of nitrogens with zero attached hydrogens (tertiary/aromatic N) is 2. The molecule has 7 nitrogen and oxygen atoms in total. The topological polar surface area (TPSA) is 111 Å². The molecule has 0 atom stereocenters. The number of sulfonamides is 1. The first-order valence-electron chi connectivity index (χ1n) is 9.14. The number of rotatable bonds is 5. The molecule has 0 bridgehead atoms. The minimum atomic E-state index is -3.58. The van der Waals surface area contributed by atoms with Crippen molar-refractivity contribution in [2.75, 3.05) is 0 Å². The van der Waals surface area contributed by atoms with E-state index in [0.717, 1.165) is 44.9 Å². The Labute approximate surface area is 153 Å². The maximum absolute atomic E-state index is 12.8. The Kier molecular flexibility index (Phi) is 4.37. The second-order valence-electron chi connectivity index (χ2n) is 7.52. The van der Waals surface area contributed by atoms with Crippen LogP contribution in [-0.2, 0) is 15.6 Å². The Bertz CT molecular complexity index is 912. The molecule has 2 aliphatic carbocycles. The molecule has 2 saturated carbocycles. The third-order valence-electron chi connectivity index (χ3n) is 5.52. The van der Waals surface area contributed by atoms with E-state index in [2.05, 4.69) is 14.9 Å². The van der Waals surface area contributed by atoms with Crippen molar-refractivity contribution >= 4 is 10.0 Å². The lowest BCUT2D eigenvalue weighted by molar-refractivity contribution is 0.229. The molecule has 1 heterocycles. The summed E-state index contributed by atoms with van der Waals surface area (Å²) in [4.78, 5) is 4.67. The molecule has 2 aliphatic rings. The zero-order chi connectivity index (χ0) is 18.4. The first-order chi connectivity index (χ1) is 12.4. The summed E-state index contributed by atoms with van der Waals surface area (Å²) in [6.07, 6.45) is 6.65. The number of hydrogen-bond donors (Lipinski definition) is 2. The minimum absolute atomic E-state index is 0.0220. The molecule has 26 heavy (non-hydrogen) atoms. The average Bonchev–Trinajstić information content (AvgIpc) is 3.24. The van der Waals surface area contributed by atoms with Gasteiger partial charge in [0.25, 0.3) is 5.89 Å². The van der Waals surface area contributed by atoms with Gasteiger partial charge in [-0.25, -0.2) is 13.1 Å². The average molecular weight is 376 g/mol. The predicted octanol–water partition coefficient (Wildman–Crippen LogP) is 2.60. The van der Waals surface area contributed by atoms with Crippen LogP contribution in [-0.4, -0.2) is 24.6 Å². The second kappa shape index (κ2) is 6.44. The molecule has 2 fully saturated rings. The molecule has 2 aromatic rings. The van der Waals surface area contributed by atoms with Gasteiger partial charge in [0.05, 0.1) is 10.4 Å². The molecule has 4 rings (SSSR count). The summed E-state index contributed by atoms with van der Waals surface area (Å²) >= 11 is 0. The Morgan fingerprint density at radius 1 is 1.23 bits per heavy atom. The Hall–Kier alpha value is -1.77. The van der Waals surface area contributed by atoms with Crippen molar-refractivity contribution in [3.05, 3.63) is 29.6 Å². The van der Waals surface area contributed by atoms with Crippen LogP contribution in [0.5, 0.6) is 0 Å². The van der Waals surface area contributed by atoms with Crippen LogP contribution in [0.4, 0.5) is 0 Å². The lowest BCUT2D eigenvalue weighted by atomic mass is 9.77. The van der Waals surface area contributed by atoms with E-state index in [1.807, 2.05) is 0 Å².